The minimum Gasteiger partial charge on any atom is -0.380 e. The number of para-hydroxylation sites is 1. The van der Waals surface area contributed by atoms with Crippen LogP contribution in [0.3, 0.4) is 0 Å². The second-order valence-corrected chi connectivity index (χ2v) is 6.58. The fourth-order valence-electron chi connectivity index (χ4n) is 2.90. The van der Waals surface area contributed by atoms with Gasteiger partial charge in [-0.2, -0.15) is 0 Å². The summed E-state index contributed by atoms with van der Waals surface area (Å²) in [6.07, 6.45) is 3.35. The first-order chi connectivity index (χ1) is 13.1. The molecule has 0 bridgehead atoms. The molecule has 0 aliphatic rings. The Kier molecular flexibility index (Phi) is 6.07. The molecule has 0 fully saturated rings. The molecule has 27 heavy (non-hydrogen) atoms. The van der Waals surface area contributed by atoms with Crippen molar-refractivity contribution in [3.8, 4) is 0 Å². The number of rotatable bonds is 6. The van der Waals surface area contributed by atoms with Crippen molar-refractivity contribution >= 4 is 23.2 Å². The van der Waals surface area contributed by atoms with Crippen molar-refractivity contribution in [2.75, 3.05) is 5.32 Å². The number of hydrogen-bond donors (Lipinski definition) is 2. The number of nitrogens with one attached hydrogen (secondary N) is 1. The van der Waals surface area contributed by atoms with Gasteiger partial charge in [0.1, 0.15) is 5.60 Å². The number of anilines is 1. The fraction of sp³-hybridized carbons (Fsp3) is 0.0870. The van der Waals surface area contributed by atoms with E-state index in [0.29, 0.717) is 10.7 Å². The lowest BCUT2D eigenvalue weighted by atomic mass is 9.83. The molecule has 0 saturated carbocycles. The van der Waals surface area contributed by atoms with Gasteiger partial charge in [0, 0.05) is 6.42 Å². The third kappa shape index (κ3) is 4.64. The molecule has 0 spiro atoms. The van der Waals surface area contributed by atoms with Crippen molar-refractivity contribution in [1.29, 1.82) is 0 Å². The Balaban J connectivity index is 1.78. The number of carbonyl (C=O) groups excluding carboxylic acids is 1. The van der Waals surface area contributed by atoms with Crippen LogP contribution in [0.5, 0.6) is 0 Å². The summed E-state index contributed by atoms with van der Waals surface area (Å²) in [6.45, 7) is 0. The van der Waals surface area contributed by atoms with Crippen LogP contribution in [0.25, 0.3) is 0 Å². The monoisotopic (exact) mass is 377 g/mol. The first kappa shape index (κ1) is 18.9. The van der Waals surface area contributed by atoms with E-state index >= 15 is 0 Å². The van der Waals surface area contributed by atoms with Crippen molar-refractivity contribution in [1.82, 2.24) is 0 Å². The van der Waals surface area contributed by atoms with Crippen LogP contribution in [0, 0.1) is 0 Å². The summed E-state index contributed by atoms with van der Waals surface area (Å²) >= 11 is 6.06. The van der Waals surface area contributed by atoms with Gasteiger partial charge in [0.15, 0.2) is 0 Å². The van der Waals surface area contributed by atoms with Gasteiger partial charge in [0.25, 0.3) is 0 Å². The Hall–Kier alpha value is -2.88. The van der Waals surface area contributed by atoms with E-state index in [1.165, 1.54) is 6.08 Å². The molecule has 0 aromatic heterocycles. The highest BCUT2D eigenvalue weighted by atomic mass is 35.5. The van der Waals surface area contributed by atoms with Gasteiger partial charge in [-0.15, -0.1) is 0 Å². The summed E-state index contributed by atoms with van der Waals surface area (Å²) in [5, 5.41) is 14.6. The third-order valence-corrected chi connectivity index (χ3v) is 4.65. The van der Waals surface area contributed by atoms with Gasteiger partial charge in [-0.1, -0.05) is 90.5 Å². The van der Waals surface area contributed by atoms with Gasteiger partial charge >= 0.3 is 0 Å². The van der Waals surface area contributed by atoms with Crippen LogP contribution >= 0.6 is 11.6 Å². The molecule has 4 heteroatoms. The van der Waals surface area contributed by atoms with Crippen molar-refractivity contribution < 1.29 is 9.90 Å². The molecular weight excluding hydrogens is 358 g/mol. The first-order valence-corrected chi connectivity index (χ1v) is 9.03. The normalized spacial score (nSPS) is 11.5. The third-order valence-electron chi connectivity index (χ3n) is 4.32. The van der Waals surface area contributed by atoms with Crippen molar-refractivity contribution in [2.45, 2.75) is 12.0 Å². The smallest absolute Gasteiger partial charge is 0.248 e. The summed E-state index contributed by atoms with van der Waals surface area (Å²) in [7, 11) is 0. The summed E-state index contributed by atoms with van der Waals surface area (Å²) < 4.78 is 0. The molecule has 0 atom stereocenters. The second-order valence-electron chi connectivity index (χ2n) is 6.17. The highest BCUT2D eigenvalue weighted by Gasteiger charge is 2.29. The molecular formula is C23H20ClNO2. The predicted molar refractivity (Wildman–Crippen MR) is 110 cm³/mol. The zero-order chi connectivity index (χ0) is 19.1. The van der Waals surface area contributed by atoms with E-state index < -0.39 is 5.60 Å². The Morgan fingerprint density at radius 2 is 1.41 bits per heavy atom. The van der Waals surface area contributed by atoms with E-state index in [1.54, 1.807) is 30.3 Å². The second kappa shape index (κ2) is 8.67. The summed E-state index contributed by atoms with van der Waals surface area (Å²) in [5.74, 6) is -0.299. The Bertz CT molecular complexity index is 884. The summed E-state index contributed by atoms with van der Waals surface area (Å²) in [4.78, 5) is 12.2. The van der Waals surface area contributed by atoms with Crippen LogP contribution in [0.4, 0.5) is 5.69 Å². The van der Waals surface area contributed by atoms with Crippen LogP contribution in [-0.4, -0.2) is 11.0 Å². The number of amides is 1. The molecule has 3 rings (SSSR count). The van der Waals surface area contributed by atoms with Gasteiger partial charge in [-0.25, -0.2) is 0 Å². The average molecular weight is 378 g/mol. The van der Waals surface area contributed by atoms with Crippen LogP contribution in [0.2, 0.25) is 5.02 Å². The van der Waals surface area contributed by atoms with E-state index in [0.717, 1.165) is 11.1 Å². The maximum absolute atomic E-state index is 12.2. The average Bonchev–Trinajstić information content (AvgIpc) is 2.71. The lowest BCUT2D eigenvalue weighted by Crippen LogP contribution is -2.26. The maximum Gasteiger partial charge on any atom is 0.248 e. The van der Waals surface area contributed by atoms with Crippen LogP contribution in [0.15, 0.2) is 97.1 Å². The lowest BCUT2D eigenvalue weighted by molar-refractivity contribution is -0.111. The predicted octanol–water partition coefficient (Wildman–Crippen LogP) is 5.16. The van der Waals surface area contributed by atoms with Gasteiger partial charge in [0.2, 0.25) is 5.91 Å². The zero-order valence-electron chi connectivity index (χ0n) is 14.7. The van der Waals surface area contributed by atoms with Gasteiger partial charge in [-0.3, -0.25) is 4.79 Å². The number of halogens is 1. The van der Waals surface area contributed by atoms with Gasteiger partial charge in [0.05, 0.1) is 10.7 Å². The minimum atomic E-state index is -1.22. The van der Waals surface area contributed by atoms with Gasteiger partial charge in [-0.05, 0) is 29.3 Å². The maximum atomic E-state index is 12.2. The van der Waals surface area contributed by atoms with E-state index in [2.05, 4.69) is 5.32 Å². The van der Waals surface area contributed by atoms with E-state index in [9.17, 15) is 9.90 Å². The van der Waals surface area contributed by atoms with Crippen LogP contribution in [-0.2, 0) is 10.4 Å². The molecule has 3 nitrogen and oxygen atoms in total. The lowest BCUT2D eigenvalue weighted by Gasteiger charge is -2.28. The number of benzene rings is 3. The molecule has 0 unspecified atom stereocenters. The standard InChI is InChI=1S/C23H20ClNO2/c24-20-14-7-8-15-21(20)25-22(26)16-9-17-23(27,18-10-3-1-4-11-18)19-12-5-2-6-13-19/h1-16,27H,17H2,(H,25,26)/b16-9-. The molecule has 3 aromatic carbocycles. The van der Waals surface area contributed by atoms with Crippen molar-refractivity contribution in [2.24, 2.45) is 0 Å². The highest BCUT2D eigenvalue weighted by molar-refractivity contribution is 6.33. The Morgan fingerprint density at radius 3 is 1.96 bits per heavy atom. The minimum absolute atomic E-state index is 0.261. The number of hydrogen-bond acceptors (Lipinski definition) is 2. The van der Waals surface area contributed by atoms with Crippen LogP contribution < -0.4 is 5.32 Å². The molecule has 0 heterocycles. The topological polar surface area (TPSA) is 49.3 Å². The quantitative estimate of drug-likeness (QED) is 0.583. The molecule has 0 aliphatic heterocycles. The molecule has 136 valence electrons. The fourth-order valence-corrected chi connectivity index (χ4v) is 3.09. The highest BCUT2D eigenvalue weighted by Crippen LogP contribution is 2.33. The van der Waals surface area contributed by atoms with Crippen LogP contribution in [0.1, 0.15) is 17.5 Å². The summed E-state index contributed by atoms with van der Waals surface area (Å²) in [5.41, 5.74) is 0.874. The van der Waals surface area contributed by atoms with Crippen molar-refractivity contribution in [3.05, 3.63) is 113 Å². The SMILES string of the molecule is O=C(/C=C\CC(O)(c1ccccc1)c1ccccc1)Nc1ccccc1Cl. The van der Waals surface area contributed by atoms with E-state index in [4.69, 9.17) is 11.6 Å². The van der Waals surface area contributed by atoms with Gasteiger partial charge < -0.3 is 10.4 Å². The molecule has 0 saturated heterocycles. The molecule has 0 radical (unpaired) electrons. The largest absolute Gasteiger partial charge is 0.380 e. The van der Waals surface area contributed by atoms with E-state index in [1.807, 2.05) is 60.7 Å². The van der Waals surface area contributed by atoms with E-state index in [-0.39, 0.29) is 12.3 Å². The summed E-state index contributed by atoms with van der Waals surface area (Å²) in [6, 6.07) is 25.9. The molecule has 2 N–H and O–H groups in total. The molecule has 1 amide bonds. The first-order valence-electron chi connectivity index (χ1n) is 8.65. The Labute approximate surface area is 163 Å². The Morgan fingerprint density at radius 1 is 0.889 bits per heavy atom. The number of aliphatic hydroxyl groups is 1. The molecule has 3 aromatic rings. The number of carbonyl (C=O) groups is 1. The van der Waals surface area contributed by atoms with Crippen molar-refractivity contribution in [3.63, 3.8) is 0 Å². The molecule has 0 aliphatic carbocycles. The zero-order valence-corrected chi connectivity index (χ0v) is 15.4.